The minimum Gasteiger partial charge on any atom is -0.310 e. The molecule has 0 bridgehead atoms. The lowest BCUT2D eigenvalue weighted by Crippen LogP contribution is -2.10. The van der Waals surface area contributed by atoms with Crippen molar-refractivity contribution in [2.45, 2.75) is 0 Å². The molecule has 11 rings (SSSR count). The Hall–Kier alpha value is -7.93. The summed E-state index contributed by atoms with van der Waals surface area (Å²) in [5, 5.41) is 19.4. The lowest BCUT2D eigenvalue weighted by Gasteiger charge is -2.27. The zero-order valence-electron chi connectivity index (χ0n) is 31.5. The lowest BCUT2D eigenvalue weighted by atomic mass is 9.93. The van der Waals surface area contributed by atoms with Crippen molar-refractivity contribution in [3.63, 3.8) is 0 Å². The van der Waals surface area contributed by atoms with Gasteiger partial charge in [0.25, 0.3) is 0 Å². The third-order valence-electron chi connectivity index (χ3n) is 11.5. The van der Waals surface area contributed by atoms with Gasteiger partial charge in [0.2, 0.25) is 0 Å². The monoisotopic (exact) mass is 737 g/mol. The van der Waals surface area contributed by atoms with Crippen molar-refractivity contribution in [3.8, 4) is 22.9 Å². The van der Waals surface area contributed by atoms with Crippen LogP contribution in [0.15, 0.2) is 200 Å². The molecule has 0 spiro atoms. The second-order valence-electron chi connectivity index (χ2n) is 14.9. The highest BCUT2D eigenvalue weighted by molar-refractivity contribution is 6.26. The smallest absolute Gasteiger partial charge is 0.0991 e. The van der Waals surface area contributed by atoms with Crippen LogP contribution in [0.25, 0.3) is 83.1 Å². The third-order valence-corrected chi connectivity index (χ3v) is 11.5. The van der Waals surface area contributed by atoms with Gasteiger partial charge in [0, 0.05) is 33.2 Å². The van der Waals surface area contributed by atoms with Crippen LogP contribution in [-0.4, -0.2) is 4.57 Å². The number of fused-ring (bicyclic) bond motifs is 2. The average molecular weight is 738 g/mol. The Bertz CT molecular complexity index is 3390. The fraction of sp³-hybridized carbons (Fsp3) is 0. The van der Waals surface area contributed by atoms with Crippen LogP contribution in [0.1, 0.15) is 16.7 Å². The largest absolute Gasteiger partial charge is 0.310 e. The van der Waals surface area contributed by atoms with Crippen LogP contribution in [-0.2, 0) is 0 Å². The predicted molar refractivity (Wildman–Crippen MR) is 245 cm³/mol. The van der Waals surface area contributed by atoms with Gasteiger partial charge in [-0.15, -0.1) is 0 Å². The highest BCUT2D eigenvalue weighted by Crippen LogP contribution is 2.43. The Labute approximate surface area is 336 Å². The Balaban J connectivity index is 0.944. The van der Waals surface area contributed by atoms with Gasteiger partial charge in [-0.05, 0) is 128 Å². The molecule has 1 aromatic heterocycles. The first kappa shape index (κ1) is 33.4. The Morgan fingerprint density at radius 1 is 0.466 bits per heavy atom. The van der Waals surface area contributed by atoms with Crippen molar-refractivity contribution in [2.24, 2.45) is 0 Å². The summed E-state index contributed by atoms with van der Waals surface area (Å²) in [5.74, 6) is 0. The van der Waals surface area contributed by atoms with Crippen molar-refractivity contribution in [1.29, 1.82) is 5.26 Å². The van der Waals surface area contributed by atoms with E-state index in [1.54, 1.807) is 0 Å². The fourth-order valence-electron chi connectivity index (χ4n) is 8.85. The molecule has 3 heteroatoms. The van der Waals surface area contributed by atoms with E-state index in [-0.39, 0.29) is 0 Å². The van der Waals surface area contributed by atoms with E-state index < -0.39 is 0 Å². The summed E-state index contributed by atoms with van der Waals surface area (Å²) in [4.78, 5) is 2.26. The second-order valence-corrected chi connectivity index (χ2v) is 14.9. The van der Waals surface area contributed by atoms with Gasteiger partial charge < -0.3 is 9.47 Å². The number of para-hydroxylation sites is 2. The zero-order valence-corrected chi connectivity index (χ0v) is 31.5. The molecule has 1 heterocycles. The number of aromatic nitrogens is 1. The molecule has 0 aliphatic heterocycles. The maximum atomic E-state index is 9.44. The molecule has 0 saturated heterocycles. The van der Waals surface area contributed by atoms with Gasteiger partial charge >= 0.3 is 0 Å². The van der Waals surface area contributed by atoms with Crippen molar-refractivity contribution in [2.75, 3.05) is 4.90 Å². The summed E-state index contributed by atoms with van der Waals surface area (Å²) in [7, 11) is 0. The van der Waals surface area contributed by atoms with Crippen LogP contribution in [0.4, 0.5) is 17.1 Å². The summed E-state index contributed by atoms with van der Waals surface area (Å²) in [5.41, 5.74) is 12.2. The van der Waals surface area contributed by atoms with Gasteiger partial charge in [-0.25, -0.2) is 0 Å². The van der Waals surface area contributed by atoms with E-state index in [1.165, 1.54) is 65.6 Å². The molecule has 0 aliphatic rings. The Kier molecular flexibility index (Phi) is 7.88. The van der Waals surface area contributed by atoms with E-state index in [0.717, 1.165) is 33.6 Å². The number of hydrogen-bond acceptors (Lipinski definition) is 2. The molecule has 10 aromatic carbocycles. The van der Waals surface area contributed by atoms with E-state index in [2.05, 4.69) is 198 Å². The number of nitriles is 1. The molecule has 0 radical (unpaired) electrons. The minimum atomic E-state index is 0.641. The van der Waals surface area contributed by atoms with Gasteiger partial charge in [0.05, 0.1) is 28.4 Å². The van der Waals surface area contributed by atoms with Crippen LogP contribution in [0.5, 0.6) is 0 Å². The highest BCUT2D eigenvalue weighted by atomic mass is 15.1. The summed E-state index contributed by atoms with van der Waals surface area (Å²) in [6.07, 6.45) is 4.44. The molecule has 0 saturated carbocycles. The second kappa shape index (κ2) is 13.7. The molecule has 58 heavy (non-hydrogen) atoms. The molecule has 11 aromatic rings. The number of nitrogens with zero attached hydrogens (tertiary/aromatic N) is 3. The van der Waals surface area contributed by atoms with E-state index in [9.17, 15) is 5.26 Å². The summed E-state index contributed by atoms with van der Waals surface area (Å²) in [6, 6.07) is 73.5. The molecule has 270 valence electrons. The molecule has 0 aliphatic carbocycles. The maximum Gasteiger partial charge on any atom is 0.0991 e. The van der Waals surface area contributed by atoms with Gasteiger partial charge in [-0.3, -0.25) is 0 Å². The van der Waals surface area contributed by atoms with Gasteiger partial charge in [0.15, 0.2) is 0 Å². The first-order chi connectivity index (χ1) is 28.7. The molecular formula is C55H35N3. The van der Waals surface area contributed by atoms with E-state index in [0.29, 0.717) is 5.56 Å². The van der Waals surface area contributed by atoms with Crippen molar-refractivity contribution in [3.05, 3.63) is 217 Å². The number of benzene rings is 10. The quantitative estimate of drug-likeness (QED) is 0.120. The van der Waals surface area contributed by atoms with Crippen LogP contribution >= 0.6 is 0 Å². The Morgan fingerprint density at radius 3 is 2.00 bits per heavy atom. The number of hydrogen-bond donors (Lipinski definition) is 0. The van der Waals surface area contributed by atoms with Crippen LogP contribution in [0.3, 0.4) is 0 Å². The first-order valence-corrected chi connectivity index (χ1v) is 19.6. The minimum absolute atomic E-state index is 0.641. The molecular weight excluding hydrogens is 703 g/mol. The van der Waals surface area contributed by atoms with Crippen LogP contribution in [0, 0.1) is 11.3 Å². The van der Waals surface area contributed by atoms with E-state index in [4.69, 9.17) is 0 Å². The van der Waals surface area contributed by atoms with E-state index in [1.807, 2.05) is 30.3 Å². The van der Waals surface area contributed by atoms with Crippen LogP contribution < -0.4 is 4.90 Å². The first-order valence-electron chi connectivity index (χ1n) is 19.6. The van der Waals surface area contributed by atoms with Gasteiger partial charge in [-0.2, -0.15) is 5.26 Å². The maximum absolute atomic E-state index is 9.44. The number of rotatable bonds is 7. The number of anilines is 3. The van der Waals surface area contributed by atoms with E-state index >= 15 is 0 Å². The fourth-order valence-corrected chi connectivity index (χ4v) is 8.85. The molecule has 0 N–H and O–H groups in total. The molecule has 0 unspecified atom stereocenters. The van der Waals surface area contributed by atoms with Crippen LogP contribution in [0.2, 0.25) is 0 Å². The van der Waals surface area contributed by atoms with Gasteiger partial charge in [-0.1, -0.05) is 133 Å². The lowest BCUT2D eigenvalue weighted by molar-refractivity contribution is 1.18. The normalized spacial score (nSPS) is 11.7. The van der Waals surface area contributed by atoms with Crippen molar-refractivity contribution >= 4 is 83.3 Å². The third kappa shape index (κ3) is 5.51. The molecule has 3 nitrogen and oxygen atoms in total. The summed E-state index contributed by atoms with van der Waals surface area (Å²) >= 11 is 0. The topological polar surface area (TPSA) is 32.0 Å². The SMILES string of the molecule is N#Cc1ccc(N(c2ccccc2)c2ccc(C=Cc3ccc4cc(-c5ccc6c7c5ccc5cccc(c57)n6-c5ccccc5)ccc4c3)c3ccccc23)cc1. The standard InChI is InChI=1S/C55H35N3/c56-36-38-20-28-46(29-21-38)57(44-11-3-1-4-12-44)51-32-27-39(47-15-7-8-16-49(47)51)22-18-37-19-23-42-35-43(25-24-41(42)34-37)48-31-33-53-55-50(48)30-26-40-10-9-17-52(54(40)55)58(53)45-13-5-2-6-14-45/h1-35H. The van der Waals surface area contributed by atoms with Gasteiger partial charge in [0.1, 0.15) is 0 Å². The molecule has 0 amide bonds. The summed E-state index contributed by atoms with van der Waals surface area (Å²) in [6.45, 7) is 0. The molecule has 0 atom stereocenters. The average Bonchev–Trinajstić information content (AvgIpc) is 3.64. The highest BCUT2D eigenvalue weighted by Gasteiger charge is 2.19. The Morgan fingerprint density at radius 2 is 1.17 bits per heavy atom. The summed E-state index contributed by atoms with van der Waals surface area (Å²) < 4.78 is 2.40. The van der Waals surface area contributed by atoms with Crippen molar-refractivity contribution in [1.82, 2.24) is 4.57 Å². The molecule has 0 fully saturated rings. The predicted octanol–water partition coefficient (Wildman–Crippen LogP) is 14.9. The van der Waals surface area contributed by atoms with Crippen molar-refractivity contribution < 1.29 is 0 Å². The zero-order chi connectivity index (χ0) is 38.6.